The van der Waals surface area contributed by atoms with Crippen LogP contribution in [0, 0.1) is 16.0 Å². The molecule has 1 aliphatic rings. The normalized spacial score (nSPS) is 19.9. The molecule has 3 aromatic rings. The van der Waals surface area contributed by atoms with E-state index in [0.29, 0.717) is 5.92 Å². The van der Waals surface area contributed by atoms with Gasteiger partial charge in [-0.15, -0.1) is 0 Å². The van der Waals surface area contributed by atoms with Crippen molar-refractivity contribution < 1.29 is 4.92 Å². The van der Waals surface area contributed by atoms with Gasteiger partial charge < -0.3 is 10.3 Å². The molecular weight excluding hydrogens is 302 g/mol. The van der Waals surface area contributed by atoms with Crippen molar-refractivity contribution >= 4 is 22.3 Å². The van der Waals surface area contributed by atoms with E-state index in [9.17, 15) is 10.1 Å². The number of anilines is 1. The van der Waals surface area contributed by atoms with Gasteiger partial charge in [0.2, 0.25) is 0 Å². The summed E-state index contributed by atoms with van der Waals surface area (Å²) in [5.74, 6) is 0.590. The number of rotatable bonds is 3. The standard InChI is InChI=1S/C19H19N3O2/c1-12-10-16-15-4-2-3-5-17(15)21-19(16)18(11-12)20-13-6-8-14(9-7-13)22(23)24/h2-9,12,18,20-21H,10-11H2,1H3. The molecule has 0 saturated heterocycles. The number of nitrogens with one attached hydrogen (secondary N) is 2. The van der Waals surface area contributed by atoms with Gasteiger partial charge in [-0.2, -0.15) is 0 Å². The number of fused-ring (bicyclic) bond motifs is 3. The number of nitro groups is 1. The van der Waals surface area contributed by atoms with E-state index < -0.39 is 0 Å². The number of non-ortho nitro benzene ring substituents is 1. The second-order valence-electron chi connectivity index (χ2n) is 6.61. The number of H-pyrrole nitrogens is 1. The van der Waals surface area contributed by atoms with Crippen LogP contribution in [-0.4, -0.2) is 9.91 Å². The molecule has 0 fully saturated rings. The number of nitro benzene ring substituents is 1. The summed E-state index contributed by atoms with van der Waals surface area (Å²) in [5.41, 5.74) is 4.83. The summed E-state index contributed by atoms with van der Waals surface area (Å²) in [7, 11) is 0. The summed E-state index contributed by atoms with van der Waals surface area (Å²) in [6, 6.07) is 15.2. The Morgan fingerprint density at radius 1 is 1.17 bits per heavy atom. The summed E-state index contributed by atoms with van der Waals surface area (Å²) in [5, 5.41) is 15.6. The number of aromatic nitrogens is 1. The van der Waals surface area contributed by atoms with Crippen molar-refractivity contribution in [2.75, 3.05) is 5.32 Å². The van der Waals surface area contributed by atoms with E-state index in [1.165, 1.54) is 22.2 Å². The minimum atomic E-state index is -0.373. The number of para-hydroxylation sites is 1. The zero-order valence-corrected chi connectivity index (χ0v) is 13.5. The smallest absolute Gasteiger partial charge is 0.269 e. The first-order chi connectivity index (χ1) is 11.6. The van der Waals surface area contributed by atoms with Crippen molar-refractivity contribution in [3.8, 4) is 0 Å². The van der Waals surface area contributed by atoms with Crippen molar-refractivity contribution in [1.29, 1.82) is 0 Å². The van der Waals surface area contributed by atoms with Gasteiger partial charge in [-0.3, -0.25) is 10.1 Å². The summed E-state index contributed by atoms with van der Waals surface area (Å²) < 4.78 is 0. The van der Waals surface area contributed by atoms with Crippen molar-refractivity contribution in [3.63, 3.8) is 0 Å². The number of hydrogen-bond acceptors (Lipinski definition) is 3. The minimum absolute atomic E-state index is 0.115. The lowest BCUT2D eigenvalue weighted by molar-refractivity contribution is -0.384. The average Bonchev–Trinajstić information content (AvgIpc) is 2.94. The summed E-state index contributed by atoms with van der Waals surface area (Å²) in [6.07, 6.45) is 2.12. The maximum absolute atomic E-state index is 10.8. The van der Waals surface area contributed by atoms with E-state index in [1.807, 2.05) is 6.07 Å². The highest BCUT2D eigenvalue weighted by molar-refractivity contribution is 5.85. The van der Waals surface area contributed by atoms with Gasteiger partial charge in [-0.1, -0.05) is 25.1 Å². The van der Waals surface area contributed by atoms with Gasteiger partial charge in [-0.25, -0.2) is 0 Å². The fourth-order valence-corrected chi connectivity index (χ4v) is 3.70. The largest absolute Gasteiger partial charge is 0.377 e. The van der Waals surface area contributed by atoms with Crippen LogP contribution in [0.2, 0.25) is 0 Å². The van der Waals surface area contributed by atoms with Gasteiger partial charge in [0.05, 0.1) is 11.0 Å². The van der Waals surface area contributed by atoms with Crippen molar-refractivity contribution in [3.05, 3.63) is 69.9 Å². The van der Waals surface area contributed by atoms with Crippen LogP contribution in [-0.2, 0) is 6.42 Å². The van der Waals surface area contributed by atoms with Crippen LogP contribution >= 0.6 is 0 Å². The van der Waals surface area contributed by atoms with Gasteiger partial charge in [0, 0.05) is 34.4 Å². The maximum atomic E-state index is 10.8. The van der Waals surface area contributed by atoms with E-state index >= 15 is 0 Å². The third-order valence-electron chi connectivity index (χ3n) is 4.80. The Bertz CT molecular complexity index is 899. The van der Waals surface area contributed by atoms with Crippen LogP contribution in [0.3, 0.4) is 0 Å². The van der Waals surface area contributed by atoms with Crippen molar-refractivity contribution in [2.24, 2.45) is 5.92 Å². The zero-order chi connectivity index (χ0) is 16.7. The molecule has 5 heteroatoms. The third-order valence-corrected chi connectivity index (χ3v) is 4.80. The SMILES string of the molecule is CC1Cc2c([nH]c3ccccc23)C(Nc2ccc([N+](=O)[O-])cc2)C1. The fraction of sp³-hybridized carbons (Fsp3) is 0.263. The predicted molar refractivity (Wildman–Crippen MR) is 95.2 cm³/mol. The van der Waals surface area contributed by atoms with Gasteiger partial charge in [0.25, 0.3) is 5.69 Å². The molecule has 2 unspecified atom stereocenters. The van der Waals surface area contributed by atoms with Crippen LogP contribution in [0.25, 0.3) is 10.9 Å². The molecule has 2 N–H and O–H groups in total. The van der Waals surface area contributed by atoms with Crippen LogP contribution < -0.4 is 5.32 Å². The Hall–Kier alpha value is -2.82. The first-order valence-corrected chi connectivity index (χ1v) is 8.22. The molecule has 0 saturated carbocycles. The quantitative estimate of drug-likeness (QED) is 0.537. The Kier molecular flexibility index (Phi) is 3.49. The molecule has 0 amide bonds. The Morgan fingerprint density at radius 2 is 1.92 bits per heavy atom. The third kappa shape index (κ3) is 2.52. The average molecular weight is 321 g/mol. The maximum Gasteiger partial charge on any atom is 0.269 e. The summed E-state index contributed by atoms with van der Waals surface area (Å²) in [4.78, 5) is 14.0. The molecule has 2 aromatic carbocycles. The first kappa shape index (κ1) is 14.8. The number of nitrogens with zero attached hydrogens (tertiary/aromatic N) is 1. The molecule has 1 aromatic heterocycles. The highest BCUT2D eigenvalue weighted by Gasteiger charge is 2.28. The van der Waals surface area contributed by atoms with Crippen LogP contribution in [0.5, 0.6) is 0 Å². The number of aromatic amines is 1. The van der Waals surface area contributed by atoms with E-state index in [2.05, 4.69) is 35.4 Å². The molecule has 4 rings (SSSR count). The summed E-state index contributed by atoms with van der Waals surface area (Å²) >= 11 is 0. The Labute approximate surface area is 139 Å². The lowest BCUT2D eigenvalue weighted by Gasteiger charge is -2.29. The molecule has 122 valence electrons. The minimum Gasteiger partial charge on any atom is -0.377 e. The van der Waals surface area contributed by atoms with Crippen LogP contribution in [0.4, 0.5) is 11.4 Å². The topological polar surface area (TPSA) is 71.0 Å². The van der Waals surface area contributed by atoms with Gasteiger partial charge in [0.15, 0.2) is 0 Å². The fourth-order valence-electron chi connectivity index (χ4n) is 3.70. The predicted octanol–water partition coefficient (Wildman–Crippen LogP) is 4.81. The first-order valence-electron chi connectivity index (χ1n) is 8.22. The molecule has 0 bridgehead atoms. The molecule has 5 nitrogen and oxygen atoms in total. The van der Waals surface area contributed by atoms with E-state index in [4.69, 9.17) is 0 Å². The highest BCUT2D eigenvalue weighted by Crippen LogP contribution is 2.39. The van der Waals surface area contributed by atoms with Gasteiger partial charge in [0.1, 0.15) is 0 Å². The van der Waals surface area contributed by atoms with Crippen molar-refractivity contribution in [2.45, 2.75) is 25.8 Å². The van der Waals surface area contributed by atoms with E-state index in [0.717, 1.165) is 18.5 Å². The van der Waals surface area contributed by atoms with E-state index in [-0.39, 0.29) is 16.7 Å². The van der Waals surface area contributed by atoms with Gasteiger partial charge in [-0.05, 0) is 42.5 Å². The molecule has 2 atom stereocenters. The molecule has 1 aliphatic carbocycles. The molecular formula is C19H19N3O2. The lowest BCUT2D eigenvalue weighted by Crippen LogP contribution is -2.22. The number of hydrogen-bond donors (Lipinski definition) is 2. The Balaban J connectivity index is 1.68. The molecule has 0 radical (unpaired) electrons. The van der Waals surface area contributed by atoms with Crippen LogP contribution in [0.1, 0.15) is 30.6 Å². The lowest BCUT2D eigenvalue weighted by atomic mass is 9.84. The Morgan fingerprint density at radius 3 is 2.67 bits per heavy atom. The second-order valence-corrected chi connectivity index (χ2v) is 6.61. The van der Waals surface area contributed by atoms with Crippen LogP contribution in [0.15, 0.2) is 48.5 Å². The summed E-state index contributed by atoms with van der Waals surface area (Å²) in [6.45, 7) is 2.27. The molecule has 0 aliphatic heterocycles. The monoisotopic (exact) mass is 321 g/mol. The molecule has 0 spiro atoms. The van der Waals surface area contributed by atoms with Gasteiger partial charge >= 0.3 is 0 Å². The van der Waals surface area contributed by atoms with Crippen molar-refractivity contribution in [1.82, 2.24) is 4.98 Å². The highest BCUT2D eigenvalue weighted by atomic mass is 16.6. The molecule has 1 heterocycles. The molecule has 24 heavy (non-hydrogen) atoms. The zero-order valence-electron chi connectivity index (χ0n) is 13.5. The second kappa shape index (κ2) is 5.67. The number of benzene rings is 2. The van der Waals surface area contributed by atoms with E-state index in [1.54, 1.807) is 24.3 Å².